The maximum Gasteiger partial charge on any atom is 0.410 e. The Morgan fingerprint density at radius 1 is 1.29 bits per heavy atom. The molecule has 0 unspecified atom stereocenters. The van der Waals surface area contributed by atoms with Crippen molar-refractivity contribution in [1.82, 2.24) is 9.88 Å². The van der Waals surface area contributed by atoms with Crippen LogP contribution in [0.4, 0.5) is 4.79 Å². The van der Waals surface area contributed by atoms with Gasteiger partial charge in [-0.1, -0.05) is 0 Å². The molecule has 0 N–H and O–H groups in total. The maximum atomic E-state index is 12.5. The number of carbonyl (C=O) groups is 1. The summed E-state index contributed by atoms with van der Waals surface area (Å²) in [4.78, 5) is 18.7. The summed E-state index contributed by atoms with van der Waals surface area (Å²) in [6.45, 7) is 12.5. The molecular formula is C24H31N3O4. The largest absolute Gasteiger partial charge is 0.490 e. The van der Waals surface area contributed by atoms with E-state index in [4.69, 9.17) is 14.2 Å². The standard InChI is InChI=1S/C24H31N3O4/c1-15(2)29-21-11-20-19(10-17(21)12-25)16(3)13-26-22(20)30-18-8-7-9-27(14-18)23(28)31-24(4,5)6/h10-11,13,15,18H,7-9,14H2,1-6H3/t18-/m1/s1. The summed E-state index contributed by atoms with van der Waals surface area (Å²) >= 11 is 0. The van der Waals surface area contributed by atoms with E-state index in [1.807, 2.05) is 53.7 Å². The van der Waals surface area contributed by atoms with E-state index in [1.165, 1.54) is 0 Å². The number of rotatable bonds is 4. The predicted octanol–water partition coefficient (Wildman–Crippen LogP) is 4.98. The van der Waals surface area contributed by atoms with Gasteiger partial charge in [0.25, 0.3) is 0 Å². The van der Waals surface area contributed by atoms with Gasteiger partial charge < -0.3 is 19.1 Å². The summed E-state index contributed by atoms with van der Waals surface area (Å²) in [6, 6.07) is 5.87. The highest BCUT2D eigenvalue weighted by Crippen LogP contribution is 2.34. The van der Waals surface area contributed by atoms with E-state index in [2.05, 4.69) is 11.1 Å². The molecule has 3 rings (SSSR count). The van der Waals surface area contributed by atoms with Crippen molar-refractivity contribution in [2.24, 2.45) is 0 Å². The van der Waals surface area contributed by atoms with Crippen molar-refractivity contribution in [1.29, 1.82) is 5.26 Å². The number of nitriles is 1. The molecule has 1 saturated heterocycles. The fourth-order valence-corrected chi connectivity index (χ4v) is 3.59. The molecule has 1 aliphatic heterocycles. The van der Waals surface area contributed by atoms with Gasteiger partial charge in [-0.3, -0.25) is 0 Å². The van der Waals surface area contributed by atoms with Gasteiger partial charge in [0, 0.05) is 18.1 Å². The minimum Gasteiger partial charge on any atom is -0.490 e. The molecule has 1 aliphatic rings. The number of aromatic nitrogens is 1. The second-order valence-corrected chi connectivity index (χ2v) is 9.23. The molecule has 1 aromatic carbocycles. The highest BCUT2D eigenvalue weighted by Gasteiger charge is 2.29. The number of hydrogen-bond acceptors (Lipinski definition) is 6. The number of nitrogens with zero attached hydrogens (tertiary/aromatic N) is 3. The van der Waals surface area contributed by atoms with Crippen molar-refractivity contribution in [3.8, 4) is 17.7 Å². The summed E-state index contributed by atoms with van der Waals surface area (Å²) in [7, 11) is 0. The smallest absolute Gasteiger partial charge is 0.410 e. The molecular weight excluding hydrogens is 394 g/mol. The lowest BCUT2D eigenvalue weighted by Crippen LogP contribution is -2.46. The summed E-state index contributed by atoms with van der Waals surface area (Å²) in [5, 5.41) is 11.2. The molecule has 31 heavy (non-hydrogen) atoms. The molecule has 2 heterocycles. The number of benzene rings is 1. The molecule has 0 radical (unpaired) electrons. The first-order valence-corrected chi connectivity index (χ1v) is 10.7. The van der Waals surface area contributed by atoms with Gasteiger partial charge >= 0.3 is 6.09 Å². The monoisotopic (exact) mass is 425 g/mol. The fraction of sp³-hybridized carbons (Fsp3) is 0.542. The van der Waals surface area contributed by atoms with E-state index >= 15 is 0 Å². The van der Waals surface area contributed by atoms with Gasteiger partial charge in [-0.15, -0.1) is 0 Å². The number of fused-ring (bicyclic) bond motifs is 1. The van der Waals surface area contributed by atoms with Crippen molar-refractivity contribution < 1.29 is 19.0 Å². The van der Waals surface area contributed by atoms with Crippen molar-refractivity contribution in [3.05, 3.63) is 29.5 Å². The highest BCUT2D eigenvalue weighted by atomic mass is 16.6. The normalized spacial score (nSPS) is 16.8. The zero-order valence-electron chi connectivity index (χ0n) is 19.2. The molecule has 1 amide bonds. The molecule has 0 spiro atoms. The van der Waals surface area contributed by atoms with Crippen LogP contribution in [0.15, 0.2) is 18.3 Å². The molecule has 7 nitrogen and oxygen atoms in total. The van der Waals surface area contributed by atoms with E-state index in [-0.39, 0.29) is 18.3 Å². The van der Waals surface area contributed by atoms with Gasteiger partial charge in [-0.2, -0.15) is 5.26 Å². The van der Waals surface area contributed by atoms with Crippen LogP contribution in [0.1, 0.15) is 58.6 Å². The van der Waals surface area contributed by atoms with Crippen LogP contribution in [0.25, 0.3) is 10.8 Å². The lowest BCUT2D eigenvalue weighted by atomic mass is 10.0. The van der Waals surface area contributed by atoms with Gasteiger partial charge in [-0.05, 0) is 77.5 Å². The Hall–Kier alpha value is -3.01. The SMILES string of the molecule is Cc1cnc(O[C@@H]2CCCN(C(=O)OC(C)(C)C)C2)c2cc(OC(C)C)c(C#N)cc12. The van der Waals surface area contributed by atoms with Crippen LogP contribution in [-0.4, -0.2) is 46.9 Å². The molecule has 0 aliphatic carbocycles. The number of pyridine rings is 1. The Morgan fingerprint density at radius 2 is 2.03 bits per heavy atom. The highest BCUT2D eigenvalue weighted by molar-refractivity contribution is 5.92. The number of carbonyl (C=O) groups excluding carboxylic acids is 1. The minimum absolute atomic E-state index is 0.0626. The summed E-state index contributed by atoms with van der Waals surface area (Å²) in [6.07, 6.45) is 2.82. The first kappa shape index (κ1) is 22.7. The van der Waals surface area contributed by atoms with E-state index in [1.54, 1.807) is 11.1 Å². The van der Waals surface area contributed by atoms with Crippen molar-refractivity contribution in [3.63, 3.8) is 0 Å². The van der Waals surface area contributed by atoms with Crippen LogP contribution in [0, 0.1) is 18.3 Å². The number of piperidine rings is 1. The fourth-order valence-electron chi connectivity index (χ4n) is 3.59. The molecule has 1 atom stereocenters. The molecule has 1 fully saturated rings. The maximum absolute atomic E-state index is 12.5. The number of aryl methyl sites for hydroxylation is 1. The lowest BCUT2D eigenvalue weighted by Gasteiger charge is -2.34. The topological polar surface area (TPSA) is 84.7 Å². The van der Waals surface area contributed by atoms with Crippen LogP contribution in [0.3, 0.4) is 0 Å². The van der Waals surface area contributed by atoms with Gasteiger partial charge in [0.2, 0.25) is 5.88 Å². The Kier molecular flexibility index (Phi) is 6.59. The quantitative estimate of drug-likeness (QED) is 0.687. The molecule has 0 saturated carbocycles. The predicted molar refractivity (Wildman–Crippen MR) is 118 cm³/mol. The zero-order chi connectivity index (χ0) is 22.8. The van der Waals surface area contributed by atoms with Gasteiger partial charge in [0.15, 0.2) is 0 Å². The molecule has 1 aromatic heterocycles. The van der Waals surface area contributed by atoms with Crippen LogP contribution in [0.5, 0.6) is 11.6 Å². The molecule has 0 bridgehead atoms. The first-order valence-electron chi connectivity index (χ1n) is 10.7. The van der Waals surface area contributed by atoms with Gasteiger partial charge in [0.05, 0.1) is 18.2 Å². The third kappa shape index (κ3) is 5.57. The van der Waals surface area contributed by atoms with E-state index in [0.29, 0.717) is 30.3 Å². The Bertz CT molecular complexity index is 1000. The number of likely N-dealkylation sites (tertiary alicyclic amines) is 1. The third-order valence-corrected chi connectivity index (χ3v) is 4.94. The summed E-state index contributed by atoms with van der Waals surface area (Å²) < 4.78 is 17.6. The average molecular weight is 426 g/mol. The van der Waals surface area contributed by atoms with Crippen molar-refractivity contribution in [2.75, 3.05) is 13.1 Å². The van der Waals surface area contributed by atoms with Crippen molar-refractivity contribution >= 4 is 16.9 Å². The van der Waals surface area contributed by atoms with Gasteiger partial charge in [0.1, 0.15) is 23.5 Å². The van der Waals surface area contributed by atoms with Crippen LogP contribution in [-0.2, 0) is 4.74 Å². The molecule has 2 aromatic rings. The number of amides is 1. The lowest BCUT2D eigenvalue weighted by molar-refractivity contribution is 0.00743. The van der Waals surface area contributed by atoms with Crippen LogP contribution < -0.4 is 9.47 Å². The minimum atomic E-state index is -0.537. The van der Waals surface area contributed by atoms with E-state index in [9.17, 15) is 10.1 Å². The van der Waals surface area contributed by atoms with Crippen molar-refractivity contribution in [2.45, 2.75) is 72.2 Å². The van der Waals surface area contributed by atoms with E-state index < -0.39 is 5.60 Å². The van der Waals surface area contributed by atoms with Gasteiger partial charge in [-0.25, -0.2) is 9.78 Å². The van der Waals surface area contributed by atoms with Crippen LogP contribution >= 0.6 is 0 Å². The first-order chi connectivity index (χ1) is 14.6. The number of ether oxygens (including phenoxy) is 3. The third-order valence-electron chi connectivity index (χ3n) is 4.94. The Balaban J connectivity index is 1.88. The second kappa shape index (κ2) is 9.01. The summed E-state index contributed by atoms with van der Waals surface area (Å²) in [5.41, 5.74) is 0.898. The number of hydrogen-bond donors (Lipinski definition) is 0. The summed E-state index contributed by atoms with van der Waals surface area (Å²) in [5.74, 6) is 0.996. The molecule has 166 valence electrons. The van der Waals surface area contributed by atoms with E-state index in [0.717, 1.165) is 29.2 Å². The average Bonchev–Trinajstić information content (AvgIpc) is 2.68. The Labute approximate surface area is 183 Å². The Morgan fingerprint density at radius 3 is 2.68 bits per heavy atom. The zero-order valence-corrected chi connectivity index (χ0v) is 19.2. The molecule has 7 heteroatoms. The second-order valence-electron chi connectivity index (χ2n) is 9.23. The van der Waals surface area contributed by atoms with Crippen LogP contribution in [0.2, 0.25) is 0 Å².